The molecule has 0 unspecified atom stereocenters. The Morgan fingerprint density at radius 2 is 2.10 bits per heavy atom. The first-order valence-corrected chi connectivity index (χ1v) is 7.23. The molecule has 0 fully saturated rings. The topological polar surface area (TPSA) is 66.6 Å². The lowest BCUT2D eigenvalue weighted by Crippen LogP contribution is -2.34. The molecular weight excluding hydrogens is 291 g/mol. The summed E-state index contributed by atoms with van der Waals surface area (Å²) >= 11 is 1.40. The van der Waals surface area contributed by atoms with Crippen molar-refractivity contribution in [2.45, 2.75) is 6.42 Å². The van der Waals surface area contributed by atoms with E-state index in [4.69, 9.17) is 5.73 Å². The molecule has 0 aliphatic carbocycles. The Bertz CT molecular complexity index is 831. The van der Waals surface area contributed by atoms with Crippen LogP contribution in [0.4, 0.5) is 9.18 Å². The van der Waals surface area contributed by atoms with Crippen LogP contribution in [0.15, 0.2) is 36.4 Å². The molecule has 0 bridgehead atoms. The summed E-state index contributed by atoms with van der Waals surface area (Å²) in [6, 6.07) is 9.99. The van der Waals surface area contributed by atoms with Gasteiger partial charge in [0.2, 0.25) is 0 Å². The highest BCUT2D eigenvalue weighted by Crippen LogP contribution is 2.35. The molecular formula is C15H13FN2O2S. The van der Waals surface area contributed by atoms with Crippen molar-refractivity contribution in [3.05, 3.63) is 47.8 Å². The first kappa shape index (κ1) is 13.8. The van der Waals surface area contributed by atoms with Crippen LogP contribution < -0.4 is 5.73 Å². The SMILES string of the molecule is NC(=O)N(O)CCc1ccc2c(c1)sc1c(F)cccc12. The Labute approximate surface area is 124 Å². The third-order valence-corrected chi connectivity index (χ3v) is 4.56. The molecule has 3 N–H and O–H groups in total. The number of primary amides is 1. The van der Waals surface area contributed by atoms with E-state index >= 15 is 0 Å². The molecule has 2 amide bonds. The maximum Gasteiger partial charge on any atom is 0.338 e. The van der Waals surface area contributed by atoms with Gasteiger partial charge in [0, 0.05) is 15.5 Å². The fourth-order valence-corrected chi connectivity index (χ4v) is 3.48. The van der Waals surface area contributed by atoms with Gasteiger partial charge in [0.25, 0.3) is 0 Å². The average molecular weight is 304 g/mol. The number of halogens is 1. The van der Waals surface area contributed by atoms with Crippen molar-refractivity contribution in [1.29, 1.82) is 0 Å². The smallest absolute Gasteiger partial charge is 0.338 e. The van der Waals surface area contributed by atoms with Crippen LogP contribution in [0.1, 0.15) is 5.56 Å². The van der Waals surface area contributed by atoms with Gasteiger partial charge in [-0.15, -0.1) is 11.3 Å². The number of carbonyl (C=O) groups is 1. The number of carbonyl (C=O) groups excluding carboxylic acids is 1. The summed E-state index contributed by atoms with van der Waals surface area (Å²) in [5, 5.41) is 11.7. The molecule has 0 saturated carbocycles. The number of hydroxylamine groups is 2. The largest absolute Gasteiger partial charge is 0.350 e. The summed E-state index contributed by atoms with van der Waals surface area (Å²) in [4.78, 5) is 10.7. The molecule has 6 heteroatoms. The predicted octanol–water partition coefficient (Wildman–Crippen LogP) is 3.51. The molecule has 3 aromatic rings. The van der Waals surface area contributed by atoms with E-state index < -0.39 is 6.03 Å². The molecule has 0 spiro atoms. The van der Waals surface area contributed by atoms with Crippen LogP contribution in [0.25, 0.3) is 20.2 Å². The molecule has 0 atom stereocenters. The van der Waals surface area contributed by atoms with Crippen molar-refractivity contribution in [2.75, 3.05) is 6.54 Å². The summed E-state index contributed by atoms with van der Waals surface area (Å²) in [7, 11) is 0. The van der Waals surface area contributed by atoms with Crippen LogP contribution in [-0.4, -0.2) is 22.8 Å². The lowest BCUT2D eigenvalue weighted by Gasteiger charge is -2.11. The summed E-state index contributed by atoms with van der Waals surface area (Å²) in [5.74, 6) is -0.217. The maximum atomic E-state index is 13.8. The minimum absolute atomic E-state index is 0.125. The number of amides is 2. The van der Waals surface area contributed by atoms with E-state index in [-0.39, 0.29) is 12.4 Å². The number of fused-ring (bicyclic) bond motifs is 3. The van der Waals surface area contributed by atoms with Gasteiger partial charge in [0.1, 0.15) is 5.82 Å². The second-order valence-electron chi connectivity index (χ2n) is 4.76. The molecule has 3 rings (SSSR count). The second-order valence-corrected chi connectivity index (χ2v) is 5.81. The maximum absolute atomic E-state index is 13.8. The van der Waals surface area contributed by atoms with E-state index in [1.807, 2.05) is 24.3 Å². The van der Waals surface area contributed by atoms with Crippen LogP contribution in [0.5, 0.6) is 0 Å². The third-order valence-electron chi connectivity index (χ3n) is 3.38. The van der Waals surface area contributed by atoms with Gasteiger partial charge in [-0.2, -0.15) is 0 Å². The van der Waals surface area contributed by atoms with Crippen molar-refractivity contribution >= 4 is 37.5 Å². The number of urea groups is 1. The first-order valence-electron chi connectivity index (χ1n) is 6.42. The van der Waals surface area contributed by atoms with Crippen molar-refractivity contribution < 1.29 is 14.4 Å². The summed E-state index contributed by atoms with van der Waals surface area (Å²) < 4.78 is 15.4. The van der Waals surface area contributed by atoms with E-state index in [1.165, 1.54) is 17.4 Å². The minimum Gasteiger partial charge on any atom is -0.350 e. The second kappa shape index (κ2) is 5.31. The van der Waals surface area contributed by atoms with Crippen molar-refractivity contribution in [3.63, 3.8) is 0 Å². The van der Waals surface area contributed by atoms with Gasteiger partial charge in [-0.25, -0.2) is 14.2 Å². The van der Waals surface area contributed by atoms with Crippen molar-refractivity contribution in [3.8, 4) is 0 Å². The highest BCUT2D eigenvalue weighted by molar-refractivity contribution is 7.25. The summed E-state index contributed by atoms with van der Waals surface area (Å²) in [5.41, 5.74) is 5.91. The fraction of sp³-hybridized carbons (Fsp3) is 0.133. The van der Waals surface area contributed by atoms with Gasteiger partial charge >= 0.3 is 6.03 Å². The fourth-order valence-electron chi connectivity index (χ4n) is 2.31. The molecule has 0 radical (unpaired) electrons. The normalized spacial score (nSPS) is 11.1. The molecule has 2 aromatic carbocycles. The molecule has 4 nitrogen and oxygen atoms in total. The average Bonchev–Trinajstić information content (AvgIpc) is 2.84. The van der Waals surface area contributed by atoms with Crippen LogP contribution in [-0.2, 0) is 6.42 Å². The zero-order valence-electron chi connectivity index (χ0n) is 11.0. The quantitative estimate of drug-likeness (QED) is 0.574. The monoisotopic (exact) mass is 304 g/mol. The predicted molar refractivity (Wildman–Crippen MR) is 81.1 cm³/mol. The zero-order chi connectivity index (χ0) is 15.0. The standard InChI is InChI=1S/C15H13FN2O2S/c16-12-3-1-2-11-10-5-4-9(6-7-18(20)15(17)19)8-13(10)21-14(11)12/h1-5,8,20H,6-7H2,(H2,17,19). The highest BCUT2D eigenvalue weighted by atomic mass is 32.1. The summed E-state index contributed by atoms with van der Waals surface area (Å²) in [6.45, 7) is 0.125. The Kier molecular flexibility index (Phi) is 3.48. The number of nitrogens with two attached hydrogens (primary N) is 1. The molecule has 0 saturated heterocycles. The lowest BCUT2D eigenvalue weighted by atomic mass is 10.1. The van der Waals surface area contributed by atoms with Crippen LogP contribution >= 0.6 is 11.3 Å². The Balaban J connectivity index is 1.95. The Morgan fingerprint density at radius 3 is 2.86 bits per heavy atom. The molecule has 108 valence electrons. The number of hydrogen-bond acceptors (Lipinski definition) is 3. The Hall–Kier alpha value is -2.18. The molecule has 1 heterocycles. The Morgan fingerprint density at radius 1 is 1.29 bits per heavy atom. The van der Waals surface area contributed by atoms with E-state index in [0.717, 1.165) is 21.0 Å². The van der Waals surface area contributed by atoms with Gasteiger partial charge in [-0.1, -0.05) is 24.3 Å². The van der Waals surface area contributed by atoms with E-state index in [1.54, 1.807) is 6.07 Å². The molecule has 0 aliphatic heterocycles. The van der Waals surface area contributed by atoms with Gasteiger partial charge in [0.15, 0.2) is 0 Å². The van der Waals surface area contributed by atoms with Crippen molar-refractivity contribution in [1.82, 2.24) is 5.06 Å². The molecule has 21 heavy (non-hydrogen) atoms. The van der Waals surface area contributed by atoms with Crippen LogP contribution in [0.3, 0.4) is 0 Å². The van der Waals surface area contributed by atoms with Crippen LogP contribution in [0, 0.1) is 5.82 Å². The third kappa shape index (κ3) is 2.55. The van der Waals surface area contributed by atoms with Gasteiger partial charge in [-0.05, 0) is 24.1 Å². The minimum atomic E-state index is -0.875. The number of thiophene rings is 1. The first-order chi connectivity index (χ1) is 10.1. The van der Waals surface area contributed by atoms with Gasteiger partial charge < -0.3 is 5.73 Å². The number of rotatable bonds is 3. The molecule has 1 aromatic heterocycles. The number of hydrogen-bond donors (Lipinski definition) is 2. The number of benzene rings is 2. The van der Waals surface area contributed by atoms with Crippen molar-refractivity contribution in [2.24, 2.45) is 5.73 Å². The van der Waals surface area contributed by atoms with E-state index in [2.05, 4.69) is 0 Å². The van der Waals surface area contributed by atoms with Gasteiger partial charge in [-0.3, -0.25) is 5.21 Å². The van der Waals surface area contributed by atoms with E-state index in [9.17, 15) is 14.4 Å². The lowest BCUT2D eigenvalue weighted by molar-refractivity contribution is -0.0382. The summed E-state index contributed by atoms with van der Waals surface area (Å²) in [6.07, 6.45) is 0.478. The zero-order valence-corrected chi connectivity index (χ0v) is 11.9. The number of nitrogens with zero attached hydrogens (tertiary/aromatic N) is 1. The van der Waals surface area contributed by atoms with E-state index in [0.29, 0.717) is 16.2 Å². The van der Waals surface area contributed by atoms with Crippen LogP contribution in [0.2, 0.25) is 0 Å². The molecule has 0 aliphatic rings. The van der Waals surface area contributed by atoms with Gasteiger partial charge in [0.05, 0.1) is 11.2 Å². The highest BCUT2D eigenvalue weighted by Gasteiger charge is 2.10.